The third-order valence-electron chi connectivity index (χ3n) is 3.68. The fourth-order valence-electron chi connectivity index (χ4n) is 2.31. The molecule has 0 radical (unpaired) electrons. The number of carbonyl (C=O) groups is 2. The van der Waals surface area contributed by atoms with E-state index in [1.54, 1.807) is 36.4 Å². The van der Waals surface area contributed by atoms with E-state index in [2.05, 4.69) is 71.7 Å². The van der Waals surface area contributed by atoms with Crippen LogP contribution in [0.1, 0.15) is 20.7 Å². The molecule has 27 heavy (non-hydrogen) atoms. The van der Waals surface area contributed by atoms with Gasteiger partial charge in [-0.2, -0.15) is 0 Å². The second-order valence-corrected chi connectivity index (χ2v) is 8.94. The molecule has 2 N–H and O–H groups in total. The van der Waals surface area contributed by atoms with Crippen LogP contribution in [0.3, 0.4) is 0 Å². The van der Waals surface area contributed by atoms with Crippen molar-refractivity contribution in [2.45, 2.75) is 0 Å². The molecular weight excluding hydrogens is 634 g/mol. The highest BCUT2D eigenvalue weighted by Gasteiger charge is 2.11. The third-order valence-corrected chi connectivity index (χ3v) is 5.82. The molecule has 136 valence electrons. The zero-order valence-corrected chi connectivity index (χ0v) is 19.7. The predicted octanol–water partition coefficient (Wildman–Crippen LogP) is 6.16. The van der Waals surface area contributed by atoms with E-state index in [1.807, 2.05) is 30.3 Å². The molecule has 3 aromatic carbocycles. The van der Waals surface area contributed by atoms with E-state index >= 15 is 0 Å². The molecule has 2 amide bonds. The molecule has 0 fully saturated rings. The molecule has 0 atom stereocenters. The van der Waals surface area contributed by atoms with Crippen LogP contribution in [0, 0.1) is 7.14 Å². The summed E-state index contributed by atoms with van der Waals surface area (Å²) in [7, 11) is 0. The lowest BCUT2D eigenvalue weighted by atomic mass is 10.2. The van der Waals surface area contributed by atoms with Crippen LogP contribution in [0.2, 0.25) is 0 Å². The van der Waals surface area contributed by atoms with Crippen LogP contribution in [0.4, 0.5) is 11.4 Å². The van der Waals surface area contributed by atoms with Crippen molar-refractivity contribution in [3.63, 3.8) is 0 Å². The van der Waals surface area contributed by atoms with Gasteiger partial charge in [0.25, 0.3) is 11.8 Å². The zero-order valence-electron chi connectivity index (χ0n) is 13.8. The summed E-state index contributed by atoms with van der Waals surface area (Å²) in [6, 6.07) is 19.9. The number of hydrogen-bond acceptors (Lipinski definition) is 2. The number of anilines is 2. The van der Waals surface area contributed by atoms with Crippen molar-refractivity contribution in [3.8, 4) is 0 Å². The first-order chi connectivity index (χ1) is 12.9. The van der Waals surface area contributed by atoms with Gasteiger partial charge in [0.1, 0.15) is 0 Å². The molecule has 3 rings (SSSR count). The van der Waals surface area contributed by atoms with Gasteiger partial charge in [0, 0.05) is 28.6 Å². The smallest absolute Gasteiger partial charge is 0.256 e. The highest BCUT2D eigenvalue weighted by Crippen LogP contribution is 2.20. The summed E-state index contributed by atoms with van der Waals surface area (Å²) in [6.07, 6.45) is 0. The number of benzene rings is 3. The number of hydrogen-bond donors (Lipinski definition) is 2. The summed E-state index contributed by atoms with van der Waals surface area (Å²) in [4.78, 5) is 24.7. The molecule has 0 saturated carbocycles. The van der Waals surface area contributed by atoms with Crippen LogP contribution in [0.25, 0.3) is 0 Å². The minimum Gasteiger partial charge on any atom is -0.322 e. The molecule has 7 heteroatoms. The standard InChI is InChI=1S/C20H13BrI2N2O2/c21-13-3-1-12(2-4-13)19(26)24-15-6-8-16(9-7-15)25-20(27)17-11-14(22)5-10-18(17)23/h1-11H,(H,24,26)(H,25,27). The van der Waals surface area contributed by atoms with Crippen molar-refractivity contribution >= 4 is 84.3 Å². The molecule has 3 aromatic rings. The molecule has 0 aliphatic carbocycles. The molecule has 0 unspecified atom stereocenters. The van der Waals surface area contributed by atoms with E-state index in [-0.39, 0.29) is 11.8 Å². The van der Waals surface area contributed by atoms with E-state index in [0.717, 1.165) is 11.6 Å². The van der Waals surface area contributed by atoms with Crippen molar-refractivity contribution in [1.29, 1.82) is 0 Å². The topological polar surface area (TPSA) is 58.2 Å². The maximum absolute atomic E-state index is 12.5. The molecular formula is C20H13BrI2N2O2. The van der Waals surface area contributed by atoms with Gasteiger partial charge in [-0.05, 0) is 112 Å². The lowest BCUT2D eigenvalue weighted by Crippen LogP contribution is -2.14. The SMILES string of the molecule is O=C(Nc1ccc(NC(=O)c2cc(I)ccc2I)cc1)c1ccc(Br)cc1. The number of amides is 2. The molecule has 0 aliphatic rings. The Morgan fingerprint density at radius 2 is 1.30 bits per heavy atom. The second kappa shape index (κ2) is 9.16. The summed E-state index contributed by atoms with van der Waals surface area (Å²) < 4.78 is 2.81. The van der Waals surface area contributed by atoms with Gasteiger partial charge in [0.15, 0.2) is 0 Å². The molecule has 0 bridgehead atoms. The van der Waals surface area contributed by atoms with E-state index < -0.39 is 0 Å². The highest BCUT2D eigenvalue weighted by atomic mass is 127. The Labute approximate surface area is 192 Å². The van der Waals surface area contributed by atoms with E-state index in [0.29, 0.717) is 22.5 Å². The van der Waals surface area contributed by atoms with Gasteiger partial charge in [0.05, 0.1) is 5.56 Å². The number of carbonyl (C=O) groups excluding carboxylic acids is 2. The summed E-state index contributed by atoms with van der Waals surface area (Å²) in [5.74, 6) is -0.350. The summed E-state index contributed by atoms with van der Waals surface area (Å²) in [6.45, 7) is 0. The Hall–Kier alpha value is -1.46. The Bertz CT molecular complexity index is 990. The van der Waals surface area contributed by atoms with Crippen molar-refractivity contribution in [2.75, 3.05) is 10.6 Å². The van der Waals surface area contributed by atoms with Gasteiger partial charge in [-0.3, -0.25) is 9.59 Å². The van der Waals surface area contributed by atoms with Crippen LogP contribution >= 0.6 is 61.1 Å². The number of rotatable bonds is 4. The third kappa shape index (κ3) is 5.52. The zero-order chi connectivity index (χ0) is 19.4. The minimum absolute atomic E-state index is 0.162. The van der Waals surface area contributed by atoms with Crippen LogP contribution in [-0.2, 0) is 0 Å². The van der Waals surface area contributed by atoms with Crippen molar-refractivity contribution in [2.24, 2.45) is 0 Å². The first kappa shape index (κ1) is 20.3. The van der Waals surface area contributed by atoms with Crippen LogP contribution in [0.5, 0.6) is 0 Å². The average molecular weight is 647 g/mol. The number of halogens is 3. The van der Waals surface area contributed by atoms with Crippen molar-refractivity contribution in [1.82, 2.24) is 0 Å². The Morgan fingerprint density at radius 1 is 0.741 bits per heavy atom. The van der Waals surface area contributed by atoms with Gasteiger partial charge in [-0.1, -0.05) is 15.9 Å². The van der Waals surface area contributed by atoms with E-state index in [1.165, 1.54) is 0 Å². The van der Waals surface area contributed by atoms with Gasteiger partial charge in [-0.25, -0.2) is 0 Å². The lowest BCUT2D eigenvalue weighted by Gasteiger charge is -2.09. The minimum atomic E-state index is -0.187. The maximum atomic E-state index is 12.5. The molecule has 0 heterocycles. The largest absolute Gasteiger partial charge is 0.322 e. The lowest BCUT2D eigenvalue weighted by molar-refractivity contribution is 0.101. The Kier molecular flexibility index (Phi) is 6.88. The maximum Gasteiger partial charge on any atom is 0.256 e. The molecule has 0 spiro atoms. The van der Waals surface area contributed by atoms with E-state index in [4.69, 9.17) is 0 Å². The fraction of sp³-hybridized carbons (Fsp3) is 0. The second-order valence-electron chi connectivity index (χ2n) is 5.62. The van der Waals surface area contributed by atoms with Crippen LogP contribution < -0.4 is 10.6 Å². The Balaban J connectivity index is 1.66. The highest BCUT2D eigenvalue weighted by molar-refractivity contribution is 14.1. The van der Waals surface area contributed by atoms with Crippen LogP contribution in [0.15, 0.2) is 71.2 Å². The molecule has 0 aromatic heterocycles. The molecule has 4 nitrogen and oxygen atoms in total. The van der Waals surface area contributed by atoms with Gasteiger partial charge >= 0.3 is 0 Å². The average Bonchev–Trinajstić information content (AvgIpc) is 2.65. The normalized spacial score (nSPS) is 10.3. The van der Waals surface area contributed by atoms with E-state index in [9.17, 15) is 9.59 Å². The monoisotopic (exact) mass is 646 g/mol. The summed E-state index contributed by atoms with van der Waals surface area (Å²) >= 11 is 7.68. The number of nitrogens with one attached hydrogen (secondary N) is 2. The first-order valence-corrected chi connectivity index (χ1v) is 10.8. The quantitative estimate of drug-likeness (QED) is 0.334. The summed E-state index contributed by atoms with van der Waals surface area (Å²) in [5.41, 5.74) is 2.53. The van der Waals surface area contributed by atoms with Gasteiger partial charge < -0.3 is 10.6 Å². The Morgan fingerprint density at radius 3 is 1.89 bits per heavy atom. The van der Waals surface area contributed by atoms with Crippen molar-refractivity contribution < 1.29 is 9.59 Å². The summed E-state index contributed by atoms with van der Waals surface area (Å²) in [5, 5.41) is 5.72. The van der Waals surface area contributed by atoms with Crippen LogP contribution in [-0.4, -0.2) is 11.8 Å². The molecule has 0 saturated heterocycles. The van der Waals surface area contributed by atoms with Gasteiger partial charge in [-0.15, -0.1) is 0 Å². The molecule has 0 aliphatic heterocycles. The van der Waals surface area contributed by atoms with Crippen molar-refractivity contribution in [3.05, 3.63) is 89.5 Å². The predicted molar refractivity (Wildman–Crippen MR) is 128 cm³/mol. The van der Waals surface area contributed by atoms with Gasteiger partial charge in [0.2, 0.25) is 0 Å². The first-order valence-electron chi connectivity index (χ1n) is 7.86. The fourth-order valence-corrected chi connectivity index (χ4v) is 3.65.